The molecule has 0 saturated heterocycles. The van der Waals surface area contributed by atoms with E-state index in [1.54, 1.807) is 7.11 Å². The minimum absolute atomic E-state index is 0.759. The van der Waals surface area contributed by atoms with Gasteiger partial charge in [-0.3, -0.25) is 4.98 Å². The van der Waals surface area contributed by atoms with Gasteiger partial charge in [0.2, 0.25) is 0 Å². The van der Waals surface area contributed by atoms with Gasteiger partial charge in [-0.05, 0) is 35.9 Å². The summed E-state index contributed by atoms with van der Waals surface area (Å²) in [6.07, 6.45) is 5.58. The summed E-state index contributed by atoms with van der Waals surface area (Å²) >= 11 is 0. The molecule has 1 N–H and O–H groups in total. The van der Waals surface area contributed by atoms with Crippen molar-refractivity contribution in [1.29, 1.82) is 0 Å². The molecule has 0 aliphatic heterocycles. The summed E-state index contributed by atoms with van der Waals surface area (Å²) in [5.41, 5.74) is 5.03. The molecule has 4 aromatic rings. The number of nitrogens with one attached hydrogen (secondary N) is 1. The van der Waals surface area contributed by atoms with Crippen LogP contribution in [0.1, 0.15) is 5.56 Å². The molecule has 0 amide bonds. The third-order valence-electron chi connectivity index (χ3n) is 3.90. The smallest absolute Gasteiger partial charge is 0.118 e. The number of pyridine rings is 1. The number of benzene rings is 1. The summed E-state index contributed by atoms with van der Waals surface area (Å²) in [5, 5.41) is 0. The van der Waals surface area contributed by atoms with E-state index in [2.05, 4.69) is 31.7 Å². The summed E-state index contributed by atoms with van der Waals surface area (Å²) in [7, 11) is 1.67. The minimum Gasteiger partial charge on any atom is -0.497 e. The van der Waals surface area contributed by atoms with Gasteiger partial charge < -0.3 is 14.3 Å². The van der Waals surface area contributed by atoms with Gasteiger partial charge in [-0.15, -0.1) is 0 Å². The van der Waals surface area contributed by atoms with Crippen LogP contribution in [-0.2, 0) is 6.54 Å². The van der Waals surface area contributed by atoms with E-state index in [9.17, 15) is 0 Å². The molecule has 0 aliphatic rings. The van der Waals surface area contributed by atoms with Gasteiger partial charge in [0.05, 0.1) is 24.6 Å². The predicted octanol–water partition coefficient (Wildman–Crippen LogP) is 3.48. The van der Waals surface area contributed by atoms with Crippen molar-refractivity contribution in [2.75, 3.05) is 7.11 Å². The number of imidazole rings is 1. The van der Waals surface area contributed by atoms with E-state index >= 15 is 0 Å². The second kappa shape index (κ2) is 5.61. The molecule has 1 aromatic carbocycles. The number of aromatic nitrogens is 4. The number of methoxy groups -OCH3 is 1. The highest BCUT2D eigenvalue weighted by Crippen LogP contribution is 2.24. The van der Waals surface area contributed by atoms with Gasteiger partial charge in [0.25, 0.3) is 0 Å². The number of hydrogen-bond donors (Lipinski definition) is 1. The Kier molecular flexibility index (Phi) is 3.31. The number of hydrogen-bond acceptors (Lipinski definition) is 3. The topological polar surface area (TPSA) is 55.7 Å². The van der Waals surface area contributed by atoms with E-state index in [0.717, 1.165) is 34.7 Å². The van der Waals surface area contributed by atoms with E-state index in [4.69, 9.17) is 4.74 Å². The van der Waals surface area contributed by atoms with E-state index < -0.39 is 0 Å². The first-order valence-electron chi connectivity index (χ1n) is 7.41. The maximum absolute atomic E-state index is 5.20. The molecule has 5 heteroatoms. The second-order valence-corrected chi connectivity index (χ2v) is 5.33. The summed E-state index contributed by atoms with van der Waals surface area (Å²) in [4.78, 5) is 12.2. The highest BCUT2D eigenvalue weighted by atomic mass is 16.5. The van der Waals surface area contributed by atoms with Crippen LogP contribution in [0.2, 0.25) is 0 Å². The van der Waals surface area contributed by atoms with E-state index in [-0.39, 0.29) is 0 Å². The van der Waals surface area contributed by atoms with E-state index in [1.807, 2.05) is 49.1 Å². The van der Waals surface area contributed by atoms with Gasteiger partial charge >= 0.3 is 0 Å². The largest absolute Gasteiger partial charge is 0.497 e. The fraction of sp³-hybridized carbons (Fsp3) is 0.111. The predicted molar refractivity (Wildman–Crippen MR) is 89.4 cm³/mol. The van der Waals surface area contributed by atoms with Gasteiger partial charge in [0, 0.05) is 18.9 Å². The molecule has 0 radical (unpaired) electrons. The van der Waals surface area contributed by atoms with Crippen LogP contribution in [0.3, 0.4) is 0 Å². The molecule has 5 nitrogen and oxygen atoms in total. The van der Waals surface area contributed by atoms with Crippen molar-refractivity contribution in [1.82, 2.24) is 19.5 Å². The van der Waals surface area contributed by atoms with Crippen molar-refractivity contribution < 1.29 is 4.74 Å². The lowest BCUT2D eigenvalue weighted by Crippen LogP contribution is -1.98. The fourth-order valence-electron chi connectivity index (χ4n) is 2.72. The molecular weight excluding hydrogens is 288 g/mol. The second-order valence-electron chi connectivity index (χ2n) is 5.33. The summed E-state index contributed by atoms with van der Waals surface area (Å²) in [6, 6.07) is 14.0. The average Bonchev–Trinajstić information content (AvgIpc) is 3.26. The van der Waals surface area contributed by atoms with Crippen molar-refractivity contribution in [2.24, 2.45) is 0 Å². The number of nitrogens with zero attached hydrogens (tertiary/aromatic N) is 3. The van der Waals surface area contributed by atoms with E-state index in [1.165, 1.54) is 5.56 Å². The number of aromatic amines is 1. The highest BCUT2D eigenvalue weighted by molar-refractivity contribution is 5.88. The lowest BCUT2D eigenvalue weighted by atomic mass is 10.2. The fourth-order valence-corrected chi connectivity index (χ4v) is 2.72. The van der Waals surface area contributed by atoms with Crippen LogP contribution in [0.25, 0.3) is 22.4 Å². The Morgan fingerprint density at radius 3 is 2.70 bits per heavy atom. The normalized spacial score (nSPS) is 11.0. The van der Waals surface area contributed by atoms with Crippen LogP contribution in [0.4, 0.5) is 0 Å². The first-order valence-corrected chi connectivity index (χ1v) is 7.41. The SMILES string of the molecule is COc1ccc(Cn2cnc3c(-c4ccc[nH]4)nccc32)cc1. The van der Waals surface area contributed by atoms with Crippen molar-refractivity contribution >= 4 is 11.0 Å². The molecule has 0 bridgehead atoms. The zero-order valence-electron chi connectivity index (χ0n) is 12.7. The van der Waals surface area contributed by atoms with Gasteiger partial charge in [-0.1, -0.05) is 12.1 Å². The molecule has 3 heterocycles. The molecule has 23 heavy (non-hydrogen) atoms. The Bertz CT molecular complexity index is 923. The van der Waals surface area contributed by atoms with Gasteiger partial charge in [0.15, 0.2) is 0 Å². The Morgan fingerprint density at radius 2 is 1.96 bits per heavy atom. The zero-order chi connectivity index (χ0) is 15.6. The maximum Gasteiger partial charge on any atom is 0.118 e. The standard InChI is InChI=1S/C18H16N4O/c1-23-14-6-4-13(5-7-14)11-22-12-21-18-16(22)8-10-20-17(18)15-3-2-9-19-15/h2-10,12,19H,11H2,1H3. The average molecular weight is 304 g/mol. The maximum atomic E-state index is 5.20. The first kappa shape index (κ1) is 13.6. The monoisotopic (exact) mass is 304 g/mol. The van der Waals surface area contributed by atoms with Crippen LogP contribution < -0.4 is 4.74 Å². The lowest BCUT2D eigenvalue weighted by Gasteiger charge is -2.06. The highest BCUT2D eigenvalue weighted by Gasteiger charge is 2.11. The summed E-state index contributed by atoms with van der Waals surface area (Å²) in [6.45, 7) is 0.759. The lowest BCUT2D eigenvalue weighted by molar-refractivity contribution is 0.414. The molecule has 0 atom stereocenters. The van der Waals surface area contributed by atoms with Crippen LogP contribution in [0.15, 0.2) is 61.2 Å². The molecule has 0 unspecified atom stereocenters. The first-order chi connectivity index (χ1) is 11.3. The quantitative estimate of drug-likeness (QED) is 0.628. The van der Waals surface area contributed by atoms with Crippen LogP contribution in [-0.4, -0.2) is 26.6 Å². The Hall–Kier alpha value is -3.08. The molecule has 3 aromatic heterocycles. The van der Waals surface area contributed by atoms with Crippen LogP contribution in [0, 0.1) is 0 Å². The third kappa shape index (κ3) is 2.46. The van der Waals surface area contributed by atoms with Crippen molar-refractivity contribution in [3.63, 3.8) is 0 Å². The van der Waals surface area contributed by atoms with Crippen molar-refractivity contribution in [2.45, 2.75) is 6.54 Å². The third-order valence-corrected chi connectivity index (χ3v) is 3.90. The Labute approximate surface area is 133 Å². The Balaban J connectivity index is 1.72. The molecular formula is C18H16N4O. The van der Waals surface area contributed by atoms with Crippen LogP contribution in [0.5, 0.6) is 5.75 Å². The van der Waals surface area contributed by atoms with E-state index in [0.29, 0.717) is 0 Å². The van der Waals surface area contributed by atoms with Gasteiger partial charge in [0.1, 0.15) is 17.0 Å². The van der Waals surface area contributed by atoms with Crippen LogP contribution >= 0.6 is 0 Å². The zero-order valence-corrected chi connectivity index (χ0v) is 12.7. The molecule has 4 rings (SSSR count). The van der Waals surface area contributed by atoms with Crippen molar-refractivity contribution in [3.8, 4) is 17.1 Å². The van der Waals surface area contributed by atoms with Gasteiger partial charge in [-0.25, -0.2) is 4.98 Å². The summed E-state index contributed by atoms with van der Waals surface area (Å²) < 4.78 is 7.33. The molecule has 0 fully saturated rings. The molecule has 0 spiro atoms. The minimum atomic E-state index is 0.759. The van der Waals surface area contributed by atoms with Gasteiger partial charge in [-0.2, -0.15) is 0 Å². The number of rotatable bonds is 4. The summed E-state index contributed by atoms with van der Waals surface area (Å²) in [5.74, 6) is 0.863. The molecule has 0 aliphatic carbocycles. The molecule has 114 valence electrons. The van der Waals surface area contributed by atoms with Crippen molar-refractivity contribution in [3.05, 3.63) is 66.7 Å². The molecule has 0 saturated carbocycles. The Morgan fingerprint density at radius 1 is 1.09 bits per heavy atom. The number of ether oxygens (including phenoxy) is 1. The number of fused-ring (bicyclic) bond motifs is 1. The number of H-pyrrole nitrogens is 1.